The third-order valence-corrected chi connectivity index (χ3v) is 6.30. The molecule has 0 bridgehead atoms. The summed E-state index contributed by atoms with van der Waals surface area (Å²) in [5.41, 5.74) is 0.906. The van der Waals surface area contributed by atoms with Crippen molar-refractivity contribution in [2.24, 2.45) is 0 Å². The molecule has 7 heteroatoms. The van der Waals surface area contributed by atoms with Crippen molar-refractivity contribution in [3.63, 3.8) is 0 Å². The Morgan fingerprint density at radius 2 is 2.06 bits per heavy atom. The van der Waals surface area contributed by atoms with Gasteiger partial charge in [-0.25, -0.2) is 12.8 Å². The van der Waals surface area contributed by atoms with Gasteiger partial charge in [-0.2, -0.15) is 0 Å². The maximum absolute atomic E-state index is 12.9. The summed E-state index contributed by atoms with van der Waals surface area (Å²) in [4.78, 5) is 0. The van der Waals surface area contributed by atoms with Crippen LogP contribution in [0.25, 0.3) is 0 Å². The molecule has 2 rings (SSSR count). The molecule has 0 radical (unpaired) electrons. The number of halogens is 2. The monoisotopic (exact) mass is 349 g/mol. The summed E-state index contributed by atoms with van der Waals surface area (Å²) in [6.45, 7) is 1.64. The maximum atomic E-state index is 12.9. The zero-order valence-electron chi connectivity index (χ0n) is 9.28. The minimum Gasteiger partial charge on any atom is -0.279 e. The van der Waals surface area contributed by atoms with Crippen LogP contribution >= 0.6 is 27.3 Å². The Labute approximate surface area is 117 Å². The SMILES string of the molecule is Cc1cc(F)ccc1NS(=O)(=O)c1sccc1Br. The van der Waals surface area contributed by atoms with Crippen molar-refractivity contribution in [3.05, 3.63) is 45.5 Å². The molecule has 1 aromatic heterocycles. The number of sulfonamides is 1. The van der Waals surface area contributed by atoms with Crippen LogP contribution in [0.3, 0.4) is 0 Å². The van der Waals surface area contributed by atoms with Gasteiger partial charge in [0.1, 0.15) is 5.82 Å². The van der Waals surface area contributed by atoms with Gasteiger partial charge in [-0.1, -0.05) is 0 Å². The lowest BCUT2D eigenvalue weighted by Gasteiger charge is -2.09. The van der Waals surface area contributed by atoms with Crippen LogP contribution in [0.5, 0.6) is 0 Å². The normalized spacial score (nSPS) is 11.5. The topological polar surface area (TPSA) is 46.2 Å². The molecule has 1 N–H and O–H groups in total. The zero-order valence-corrected chi connectivity index (χ0v) is 12.5. The van der Waals surface area contributed by atoms with Crippen LogP contribution < -0.4 is 4.72 Å². The Morgan fingerprint density at radius 3 is 2.61 bits per heavy atom. The van der Waals surface area contributed by atoms with E-state index in [9.17, 15) is 12.8 Å². The van der Waals surface area contributed by atoms with Crippen molar-refractivity contribution in [2.45, 2.75) is 11.1 Å². The fourth-order valence-electron chi connectivity index (χ4n) is 1.40. The molecule has 0 aliphatic heterocycles. The molecule has 3 nitrogen and oxygen atoms in total. The van der Waals surface area contributed by atoms with Crippen molar-refractivity contribution in [3.8, 4) is 0 Å². The predicted octanol–water partition coefficient (Wildman–Crippen LogP) is 3.76. The lowest BCUT2D eigenvalue weighted by Crippen LogP contribution is -2.12. The van der Waals surface area contributed by atoms with Gasteiger partial charge in [-0.05, 0) is 58.1 Å². The third-order valence-electron chi connectivity index (χ3n) is 2.26. The Morgan fingerprint density at radius 1 is 1.33 bits per heavy atom. The van der Waals surface area contributed by atoms with E-state index < -0.39 is 15.8 Å². The highest BCUT2D eigenvalue weighted by molar-refractivity contribution is 9.10. The lowest BCUT2D eigenvalue weighted by atomic mass is 10.2. The fourth-order valence-corrected chi connectivity index (χ4v) is 4.87. The van der Waals surface area contributed by atoms with E-state index in [1.165, 1.54) is 18.2 Å². The van der Waals surface area contributed by atoms with Gasteiger partial charge in [0.15, 0.2) is 4.21 Å². The van der Waals surface area contributed by atoms with Crippen LogP contribution in [0.4, 0.5) is 10.1 Å². The molecule has 2 aromatic rings. The van der Waals surface area contributed by atoms with Gasteiger partial charge in [-0.15, -0.1) is 11.3 Å². The van der Waals surface area contributed by atoms with Gasteiger partial charge < -0.3 is 0 Å². The molecule has 0 fully saturated rings. The van der Waals surface area contributed by atoms with E-state index in [-0.39, 0.29) is 4.21 Å². The van der Waals surface area contributed by atoms with Crippen LogP contribution in [-0.2, 0) is 10.0 Å². The van der Waals surface area contributed by atoms with Crippen LogP contribution in [0.2, 0.25) is 0 Å². The Balaban J connectivity index is 2.37. The van der Waals surface area contributed by atoms with E-state index in [2.05, 4.69) is 20.7 Å². The fraction of sp³-hybridized carbons (Fsp3) is 0.0909. The average Bonchev–Trinajstić information content (AvgIpc) is 2.69. The van der Waals surface area contributed by atoms with Crippen LogP contribution in [0.1, 0.15) is 5.56 Å². The summed E-state index contributed by atoms with van der Waals surface area (Å²) in [5.74, 6) is -0.396. The Kier molecular flexibility index (Phi) is 3.74. The number of anilines is 1. The lowest BCUT2D eigenvalue weighted by molar-refractivity contribution is 0.602. The Bertz CT molecular complexity index is 682. The van der Waals surface area contributed by atoms with Gasteiger partial charge in [0.05, 0.1) is 5.69 Å². The van der Waals surface area contributed by atoms with Crippen molar-refractivity contribution < 1.29 is 12.8 Å². The molecular weight excluding hydrogens is 341 g/mol. The molecule has 0 saturated heterocycles. The first kappa shape index (κ1) is 13.5. The second kappa shape index (κ2) is 4.99. The van der Waals surface area contributed by atoms with E-state index in [1.807, 2.05) is 0 Å². The molecule has 0 unspecified atom stereocenters. The van der Waals surface area contributed by atoms with E-state index in [4.69, 9.17) is 0 Å². The van der Waals surface area contributed by atoms with Crippen molar-refractivity contribution in [1.82, 2.24) is 0 Å². The Hall–Kier alpha value is -0.920. The van der Waals surface area contributed by atoms with E-state index >= 15 is 0 Å². The van der Waals surface area contributed by atoms with Crippen LogP contribution in [0, 0.1) is 12.7 Å². The van der Waals surface area contributed by atoms with E-state index in [1.54, 1.807) is 18.4 Å². The second-order valence-corrected chi connectivity index (χ2v) is 7.27. The van der Waals surface area contributed by atoms with Gasteiger partial charge in [-0.3, -0.25) is 4.72 Å². The minimum absolute atomic E-state index is 0.200. The molecule has 1 aromatic carbocycles. The van der Waals surface area contributed by atoms with Crippen molar-refractivity contribution in [1.29, 1.82) is 0 Å². The van der Waals surface area contributed by atoms with Gasteiger partial charge in [0, 0.05) is 4.47 Å². The van der Waals surface area contributed by atoms with Gasteiger partial charge >= 0.3 is 0 Å². The molecule has 0 saturated carbocycles. The van der Waals surface area contributed by atoms with Crippen LogP contribution in [0.15, 0.2) is 38.3 Å². The predicted molar refractivity (Wildman–Crippen MR) is 74.0 cm³/mol. The number of thiophene rings is 1. The average molecular weight is 350 g/mol. The first-order chi connectivity index (χ1) is 8.40. The van der Waals surface area contributed by atoms with Gasteiger partial charge in [0.25, 0.3) is 10.0 Å². The summed E-state index contributed by atoms with van der Waals surface area (Å²) in [5, 5.41) is 1.68. The smallest absolute Gasteiger partial charge is 0.272 e. The minimum atomic E-state index is -3.64. The van der Waals surface area contributed by atoms with E-state index in [0.717, 1.165) is 11.3 Å². The summed E-state index contributed by atoms with van der Waals surface area (Å²) in [7, 11) is -3.64. The number of rotatable bonds is 3. The molecule has 1 heterocycles. The summed E-state index contributed by atoms with van der Waals surface area (Å²) in [6, 6.07) is 5.57. The molecule has 0 atom stereocenters. The zero-order chi connectivity index (χ0) is 13.3. The molecule has 0 amide bonds. The third kappa shape index (κ3) is 2.73. The number of aryl methyl sites for hydroxylation is 1. The van der Waals surface area contributed by atoms with Crippen molar-refractivity contribution in [2.75, 3.05) is 4.72 Å². The maximum Gasteiger partial charge on any atom is 0.272 e. The summed E-state index contributed by atoms with van der Waals surface area (Å²) < 4.78 is 40.3. The van der Waals surface area contributed by atoms with Crippen molar-refractivity contribution >= 4 is 43.0 Å². The largest absolute Gasteiger partial charge is 0.279 e. The molecule has 0 spiro atoms. The molecule has 0 aliphatic carbocycles. The molecule has 0 aliphatic rings. The molecule has 96 valence electrons. The standard InChI is InChI=1S/C11H9BrFNO2S2/c1-7-6-8(13)2-3-10(7)14-18(15,16)11-9(12)4-5-17-11/h2-6,14H,1H3. The van der Waals surface area contributed by atoms with E-state index in [0.29, 0.717) is 15.7 Å². The van der Waals surface area contributed by atoms with Crippen LogP contribution in [-0.4, -0.2) is 8.42 Å². The quantitative estimate of drug-likeness (QED) is 0.916. The first-order valence-electron chi connectivity index (χ1n) is 4.92. The number of hydrogen-bond acceptors (Lipinski definition) is 3. The summed E-state index contributed by atoms with van der Waals surface area (Å²) >= 11 is 4.29. The number of hydrogen-bond donors (Lipinski definition) is 1. The first-order valence-corrected chi connectivity index (χ1v) is 8.08. The highest BCUT2D eigenvalue weighted by atomic mass is 79.9. The second-order valence-electron chi connectivity index (χ2n) is 3.62. The number of nitrogens with one attached hydrogen (secondary N) is 1. The molecule has 18 heavy (non-hydrogen) atoms. The molecular formula is C11H9BrFNO2S2. The summed E-state index contributed by atoms with van der Waals surface area (Å²) in [6.07, 6.45) is 0. The number of benzene rings is 1. The van der Waals surface area contributed by atoms with Gasteiger partial charge in [0.2, 0.25) is 0 Å². The highest BCUT2D eigenvalue weighted by Gasteiger charge is 2.19. The highest BCUT2D eigenvalue weighted by Crippen LogP contribution is 2.30.